The fourth-order valence-corrected chi connectivity index (χ4v) is 2.24. The molecule has 0 aliphatic rings. The van der Waals surface area contributed by atoms with Gasteiger partial charge in [-0.1, -0.05) is 13.8 Å². The predicted octanol–water partition coefficient (Wildman–Crippen LogP) is 1.87. The molecule has 0 saturated carbocycles. The second-order valence-corrected chi connectivity index (χ2v) is 5.20. The van der Waals surface area contributed by atoms with E-state index >= 15 is 0 Å². The largest absolute Gasteiger partial charge is 0.326 e. The summed E-state index contributed by atoms with van der Waals surface area (Å²) < 4.78 is 13.4. The molecule has 0 aliphatic carbocycles. The highest BCUT2D eigenvalue weighted by atomic mass is 19.1. The van der Waals surface area contributed by atoms with E-state index < -0.39 is 22.8 Å². The first-order chi connectivity index (χ1) is 9.79. The van der Waals surface area contributed by atoms with Gasteiger partial charge in [-0.3, -0.25) is 14.6 Å². The number of rotatable bonds is 3. The minimum Gasteiger partial charge on any atom is -0.304 e. The van der Waals surface area contributed by atoms with Crippen LogP contribution in [0.4, 0.5) is 4.39 Å². The van der Waals surface area contributed by atoms with E-state index in [9.17, 15) is 18.8 Å². The zero-order valence-electron chi connectivity index (χ0n) is 11.9. The zero-order chi connectivity index (χ0) is 15.7. The molecule has 2 N–H and O–H groups in total. The van der Waals surface area contributed by atoms with Crippen LogP contribution in [-0.4, -0.2) is 15.8 Å². The number of aromatic nitrogens is 2. The molecular weight excluding hydrogens is 275 g/mol. The van der Waals surface area contributed by atoms with Crippen LogP contribution in [0.1, 0.15) is 46.9 Å². The highest BCUT2D eigenvalue weighted by molar-refractivity contribution is 6.08. The Morgan fingerprint density at radius 2 is 1.81 bits per heavy atom. The van der Waals surface area contributed by atoms with Gasteiger partial charge in [-0.05, 0) is 36.6 Å². The molecule has 21 heavy (non-hydrogen) atoms. The lowest BCUT2D eigenvalue weighted by molar-refractivity contribution is 0.103. The van der Waals surface area contributed by atoms with Gasteiger partial charge in [0.25, 0.3) is 5.56 Å². The van der Waals surface area contributed by atoms with Crippen molar-refractivity contribution in [1.82, 2.24) is 9.97 Å². The van der Waals surface area contributed by atoms with Crippen LogP contribution in [-0.2, 0) is 0 Å². The van der Waals surface area contributed by atoms with Gasteiger partial charge in [0.05, 0.1) is 5.69 Å². The monoisotopic (exact) mass is 290 g/mol. The normalized spacial score (nSPS) is 10.9. The highest BCUT2D eigenvalue weighted by Crippen LogP contribution is 2.17. The van der Waals surface area contributed by atoms with Crippen LogP contribution in [0.5, 0.6) is 0 Å². The van der Waals surface area contributed by atoms with Crippen molar-refractivity contribution in [3.63, 3.8) is 0 Å². The van der Waals surface area contributed by atoms with Crippen LogP contribution >= 0.6 is 0 Å². The molecule has 1 aromatic carbocycles. The molecule has 0 radical (unpaired) electrons. The van der Waals surface area contributed by atoms with E-state index in [0.29, 0.717) is 5.56 Å². The molecule has 0 amide bonds. The molecule has 0 bridgehead atoms. The average molecular weight is 290 g/mol. The van der Waals surface area contributed by atoms with E-state index in [1.54, 1.807) is 20.8 Å². The van der Waals surface area contributed by atoms with Gasteiger partial charge in [0.2, 0.25) is 5.78 Å². The molecule has 0 spiro atoms. The second kappa shape index (κ2) is 5.47. The number of hydrogen-bond donors (Lipinski definition) is 2. The van der Waals surface area contributed by atoms with Crippen molar-refractivity contribution in [3.05, 3.63) is 67.2 Å². The molecule has 0 atom stereocenters. The van der Waals surface area contributed by atoms with Gasteiger partial charge in [-0.2, -0.15) is 0 Å². The molecule has 1 heterocycles. The summed E-state index contributed by atoms with van der Waals surface area (Å²) in [5.74, 6) is -1.39. The van der Waals surface area contributed by atoms with Crippen molar-refractivity contribution in [3.8, 4) is 0 Å². The lowest BCUT2D eigenvalue weighted by atomic mass is 9.97. The molecule has 2 aromatic rings. The number of aromatic amines is 2. The Morgan fingerprint density at radius 1 is 1.14 bits per heavy atom. The van der Waals surface area contributed by atoms with E-state index in [1.807, 2.05) is 0 Å². The number of H-pyrrole nitrogens is 2. The molecule has 1 aromatic heterocycles. The summed E-state index contributed by atoms with van der Waals surface area (Å²) in [7, 11) is 0. The van der Waals surface area contributed by atoms with Crippen molar-refractivity contribution < 1.29 is 9.18 Å². The molecule has 110 valence electrons. The third kappa shape index (κ3) is 2.99. The van der Waals surface area contributed by atoms with E-state index in [4.69, 9.17) is 0 Å². The van der Waals surface area contributed by atoms with Crippen LogP contribution in [0.25, 0.3) is 0 Å². The molecule has 0 fully saturated rings. The molecule has 0 saturated heterocycles. The van der Waals surface area contributed by atoms with Crippen LogP contribution < -0.4 is 11.2 Å². The quantitative estimate of drug-likeness (QED) is 0.846. The average Bonchev–Trinajstić information content (AvgIpc) is 2.35. The first-order valence-corrected chi connectivity index (χ1v) is 6.48. The predicted molar refractivity (Wildman–Crippen MR) is 76.3 cm³/mol. The summed E-state index contributed by atoms with van der Waals surface area (Å²) in [6.45, 7) is 5.12. The first-order valence-electron chi connectivity index (χ1n) is 6.48. The number of nitrogens with one attached hydrogen (secondary N) is 2. The first kappa shape index (κ1) is 14.9. The summed E-state index contributed by atoms with van der Waals surface area (Å²) in [4.78, 5) is 40.2. The van der Waals surface area contributed by atoms with Gasteiger partial charge in [0, 0.05) is 11.1 Å². The Bertz CT molecular complexity index is 798. The van der Waals surface area contributed by atoms with Crippen molar-refractivity contribution >= 4 is 5.78 Å². The number of halogens is 1. The van der Waals surface area contributed by atoms with Crippen molar-refractivity contribution in [1.29, 1.82) is 0 Å². The molecule has 5 nitrogen and oxygen atoms in total. The second-order valence-electron chi connectivity index (χ2n) is 5.20. The Hall–Kier alpha value is -2.50. The maximum atomic E-state index is 13.4. The van der Waals surface area contributed by atoms with Crippen molar-refractivity contribution in [2.75, 3.05) is 0 Å². The maximum absolute atomic E-state index is 13.4. The van der Waals surface area contributed by atoms with E-state index in [1.165, 1.54) is 12.1 Å². The minimum atomic E-state index is -0.763. The summed E-state index contributed by atoms with van der Waals surface area (Å²) in [6, 6.07) is 3.88. The van der Waals surface area contributed by atoms with Gasteiger partial charge >= 0.3 is 5.69 Å². The molecule has 0 aliphatic heterocycles. The number of ketones is 1. The number of carbonyl (C=O) groups excluding carboxylic acids is 1. The maximum Gasteiger partial charge on any atom is 0.326 e. The SMILES string of the molecule is Cc1cc(F)cc(C(=O)c2[nH]c(=O)[nH]c(=O)c2C(C)C)c1. The van der Waals surface area contributed by atoms with Crippen LogP contribution in [0.3, 0.4) is 0 Å². The zero-order valence-corrected chi connectivity index (χ0v) is 11.9. The topological polar surface area (TPSA) is 82.8 Å². The van der Waals surface area contributed by atoms with Gasteiger partial charge in [-0.15, -0.1) is 0 Å². The van der Waals surface area contributed by atoms with Crippen LogP contribution in [0.15, 0.2) is 27.8 Å². The van der Waals surface area contributed by atoms with E-state index in [2.05, 4.69) is 9.97 Å². The Kier molecular flexibility index (Phi) is 3.88. The lowest BCUT2D eigenvalue weighted by Gasteiger charge is -2.10. The summed E-state index contributed by atoms with van der Waals surface area (Å²) >= 11 is 0. The Labute approximate surface area is 119 Å². The van der Waals surface area contributed by atoms with Crippen LogP contribution in [0, 0.1) is 12.7 Å². The summed E-state index contributed by atoms with van der Waals surface area (Å²) in [5, 5.41) is 0. The fraction of sp³-hybridized carbons (Fsp3) is 0.267. The fourth-order valence-electron chi connectivity index (χ4n) is 2.24. The van der Waals surface area contributed by atoms with Gasteiger partial charge in [-0.25, -0.2) is 9.18 Å². The molecule has 2 rings (SSSR count). The minimum absolute atomic E-state index is 0.0932. The van der Waals surface area contributed by atoms with Gasteiger partial charge < -0.3 is 4.98 Å². The van der Waals surface area contributed by atoms with Crippen LogP contribution in [0.2, 0.25) is 0 Å². The summed E-state index contributed by atoms with van der Waals surface area (Å²) in [5.41, 5.74) is -0.608. The highest BCUT2D eigenvalue weighted by Gasteiger charge is 2.21. The van der Waals surface area contributed by atoms with Crippen molar-refractivity contribution in [2.45, 2.75) is 26.7 Å². The third-order valence-electron chi connectivity index (χ3n) is 3.09. The number of benzene rings is 1. The number of carbonyl (C=O) groups is 1. The van der Waals surface area contributed by atoms with Gasteiger partial charge in [0.1, 0.15) is 5.82 Å². The standard InChI is InChI=1S/C15H15FN2O3/c1-7(2)11-12(17-15(21)18-14(11)20)13(19)9-4-8(3)5-10(16)6-9/h4-7H,1-3H3,(H2,17,18,20,21). The smallest absolute Gasteiger partial charge is 0.304 e. The lowest BCUT2D eigenvalue weighted by Crippen LogP contribution is -2.30. The van der Waals surface area contributed by atoms with Gasteiger partial charge in [0.15, 0.2) is 0 Å². The molecule has 6 heteroatoms. The number of aryl methyl sites for hydroxylation is 1. The molecule has 0 unspecified atom stereocenters. The van der Waals surface area contributed by atoms with E-state index in [-0.39, 0.29) is 22.7 Å². The molecular formula is C15H15FN2O3. The Balaban J connectivity index is 2.68. The Morgan fingerprint density at radius 3 is 2.38 bits per heavy atom. The van der Waals surface area contributed by atoms with Crippen molar-refractivity contribution in [2.24, 2.45) is 0 Å². The third-order valence-corrected chi connectivity index (χ3v) is 3.09. The van der Waals surface area contributed by atoms with E-state index in [0.717, 1.165) is 6.07 Å². The summed E-state index contributed by atoms with van der Waals surface area (Å²) in [6.07, 6.45) is 0. The number of hydrogen-bond acceptors (Lipinski definition) is 3.